The molecule has 290 valence electrons. The number of rotatable bonds is 7. The second-order valence-corrected chi connectivity index (χ2v) is 15.6. The summed E-state index contributed by atoms with van der Waals surface area (Å²) in [7, 11) is 0. The molecule has 0 amide bonds. The summed E-state index contributed by atoms with van der Waals surface area (Å²) in [6.07, 6.45) is 0. The van der Waals surface area contributed by atoms with Gasteiger partial charge < -0.3 is 8.98 Å². The van der Waals surface area contributed by atoms with E-state index in [9.17, 15) is 0 Å². The zero-order valence-electron chi connectivity index (χ0n) is 33.5. The Morgan fingerprint density at radius 2 is 0.823 bits per heavy atom. The lowest BCUT2D eigenvalue weighted by Gasteiger charge is -2.12. The van der Waals surface area contributed by atoms with Gasteiger partial charge in [-0.05, 0) is 69.8 Å². The monoisotopic (exact) mass is 792 g/mol. The Kier molecular flexibility index (Phi) is 8.42. The number of fused-ring (bicyclic) bond motifs is 6. The topological polar surface area (TPSA) is 56.7 Å². The van der Waals surface area contributed by atoms with Crippen LogP contribution in [0.2, 0.25) is 0 Å². The first-order chi connectivity index (χ1) is 30.7. The van der Waals surface area contributed by atoms with E-state index < -0.39 is 0 Å². The van der Waals surface area contributed by atoms with Crippen molar-refractivity contribution in [2.75, 3.05) is 0 Å². The van der Waals surface area contributed by atoms with Crippen molar-refractivity contribution in [2.24, 2.45) is 0 Å². The molecule has 9 aromatic carbocycles. The van der Waals surface area contributed by atoms with Crippen molar-refractivity contribution in [3.05, 3.63) is 218 Å². The Labute approximate surface area is 357 Å². The van der Waals surface area contributed by atoms with Crippen LogP contribution >= 0.6 is 0 Å². The zero-order valence-corrected chi connectivity index (χ0v) is 33.5. The Balaban J connectivity index is 1.16. The van der Waals surface area contributed by atoms with E-state index in [-0.39, 0.29) is 0 Å². The summed E-state index contributed by atoms with van der Waals surface area (Å²) in [5.41, 5.74) is 14.0. The summed E-state index contributed by atoms with van der Waals surface area (Å²) >= 11 is 0. The Morgan fingerprint density at radius 3 is 1.45 bits per heavy atom. The second-order valence-electron chi connectivity index (χ2n) is 15.6. The van der Waals surface area contributed by atoms with Gasteiger partial charge in [0.15, 0.2) is 17.5 Å². The minimum atomic E-state index is 0.539. The maximum absolute atomic E-state index is 7.21. The third-order valence-corrected chi connectivity index (χ3v) is 11.8. The fourth-order valence-corrected chi connectivity index (χ4v) is 8.92. The number of hydrogen-bond donors (Lipinski definition) is 0. The van der Waals surface area contributed by atoms with Gasteiger partial charge in [-0.1, -0.05) is 176 Å². The lowest BCUT2D eigenvalue weighted by Crippen LogP contribution is -2.00. The van der Waals surface area contributed by atoms with E-state index in [0.29, 0.717) is 23.1 Å². The highest BCUT2D eigenvalue weighted by atomic mass is 16.3. The molecule has 5 heteroatoms. The van der Waals surface area contributed by atoms with Gasteiger partial charge in [-0.2, -0.15) is 0 Å². The smallest absolute Gasteiger partial charge is 0.167 e. The van der Waals surface area contributed by atoms with E-state index in [2.05, 4.69) is 156 Å². The normalized spacial score (nSPS) is 11.5. The maximum atomic E-state index is 7.21. The van der Waals surface area contributed by atoms with E-state index in [0.717, 1.165) is 72.0 Å². The molecule has 0 spiro atoms. The van der Waals surface area contributed by atoms with Gasteiger partial charge in [0.05, 0.1) is 22.3 Å². The van der Waals surface area contributed by atoms with Gasteiger partial charge >= 0.3 is 0 Å². The zero-order chi connectivity index (χ0) is 41.0. The highest BCUT2D eigenvalue weighted by Crippen LogP contribution is 2.45. The second kappa shape index (κ2) is 14.7. The van der Waals surface area contributed by atoms with Crippen LogP contribution in [0.3, 0.4) is 0 Å². The summed E-state index contributed by atoms with van der Waals surface area (Å²) in [6.45, 7) is 0. The van der Waals surface area contributed by atoms with E-state index in [1.165, 1.54) is 21.9 Å². The fourth-order valence-electron chi connectivity index (χ4n) is 8.92. The van der Waals surface area contributed by atoms with Crippen molar-refractivity contribution in [2.45, 2.75) is 0 Å². The largest absolute Gasteiger partial charge is 0.455 e. The molecule has 0 unspecified atom stereocenters. The van der Waals surface area contributed by atoms with Gasteiger partial charge in [0, 0.05) is 38.7 Å². The molecule has 0 aliphatic heterocycles. The van der Waals surface area contributed by atoms with Crippen LogP contribution in [0, 0.1) is 0 Å². The quantitative estimate of drug-likeness (QED) is 0.161. The number of nitrogens with zero attached hydrogens (tertiary/aromatic N) is 4. The summed E-state index contributed by atoms with van der Waals surface area (Å²) in [6, 6.07) is 76.3. The van der Waals surface area contributed by atoms with Crippen molar-refractivity contribution in [3.8, 4) is 73.2 Å². The standard InChI is InChI=1S/C57H36N4O/c1-6-18-37(19-7-1)42-30-31-51-47(32-42)45-28-16-17-29-50(45)61(51)44-35-46(39-22-10-3-11-23-39)53-48-33-43(38-20-8-2-9-21-38)34-49(54(48)62-52(53)36-44)57-59-55(40-24-12-4-13-25-40)58-56(60-57)41-26-14-5-15-27-41/h1-36H. The van der Waals surface area contributed by atoms with Gasteiger partial charge in [0.1, 0.15) is 11.2 Å². The van der Waals surface area contributed by atoms with Crippen molar-refractivity contribution >= 4 is 43.7 Å². The van der Waals surface area contributed by atoms with Crippen LogP contribution in [0.4, 0.5) is 0 Å². The molecule has 0 aliphatic carbocycles. The molecule has 3 heterocycles. The van der Waals surface area contributed by atoms with Gasteiger partial charge in [0.2, 0.25) is 0 Å². The Morgan fingerprint density at radius 1 is 0.323 bits per heavy atom. The highest BCUT2D eigenvalue weighted by molar-refractivity contribution is 6.18. The molecule has 0 radical (unpaired) electrons. The first-order valence-electron chi connectivity index (χ1n) is 20.8. The minimum Gasteiger partial charge on any atom is -0.455 e. The molecule has 0 aliphatic rings. The van der Waals surface area contributed by atoms with Crippen LogP contribution in [0.5, 0.6) is 0 Å². The highest BCUT2D eigenvalue weighted by Gasteiger charge is 2.23. The Hall–Kier alpha value is -8.41. The number of para-hydroxylation sites is 1. The molecule has 0 saturated carbocycles. The first-order valence-corrected chi connectivity index (χ1v) is 20.8. The van der Waals surface area contributed by atoms with Gasteiger partial charge in [-0.15, -0.1) is 0 Å². The van der Waals surface area contributed by atoms with Gasteiger partial charge in [-0.25, -0.2) is 15.0 Å². The number of benzene rings is 9. The van der Waals surface area contributed by atoms with Crippen LogP contribution in [-0.2, 0) is 0 Å². The molecule has 12 aromatic rings. The molecule has 0 N–H and O–H groups in total. The number of hydrogen-bond acceptors (Lipinski definition) is 4. The SMILES string of the molecule is c1ccc(-c2cc(-c3nc(-c4ccccc4)nc(-c4ccccc4)n3)c3oc4cc(-n5c6ccccc6c6cc(-c7ccccc7)ccc65)cc(-c5ccccc5)c4c3c2)cc1. The molecule has 62 heavy (non-hydrogen) atoms. The summed E-state index contributed by atoms with van der Waals surface area (Å²) in [4.78, 5) is 15.4. The average molecular weight is 793 g/mol. The van der Waals surface area contributed by atoms with Gasteiger partial charge in [-0.3, -0.25) is 0 Å². The van der Waals surface area contributed by atoms with Crippen LogP contribution in [0.1, 0.15) is 0 Å². The van der Waals surface area contributed by atoms with E-state index in [4.69, 9.17) is 19.4 Å². The number of furan rings is 1. The van der Waals surface area contributed by atoms with Crippen molar-refractivity contribution < 1.29 is 4.42 Å². The van der Waals surface area contributed by atoms with E-state index in [1.807, 2.05) is 66.7 Å². The predicted octanol–water partition coefficient (Wildman–Crippen LogP) is 14.9. The third kappa shape index (κ3) is 6.06. The summed E-state index contributed by atoms with van der Waals surface area (Å²) in [5.74, 6) is 1.73. The number of aromatic nitrogens is 4. The van der Waals surface area contributed by atoms with Crippen LogP contribution in [-0.4, -0.2) is 19.5 Å². The minimum absolute atomic E-state index is 0.539. The van der Waals surface area contributed by atoms with E-state index >= 15 is 0 Å². The summed E-state index contributed by atoms with van der Waals surface area (Å²) in [5, 5.41) is 4.40. The third-order valence-electron chi connectivity index (χ3n) is 11.8. The molecule has 0 fully saturated rings. The fraction of sp³-hybridized carbons (Fsp3) is 0. The van der Waals surface area contributed by atoms with E-state index in [1.54, 1.807) is 0 Å². The lowest BCUT2D eigenvalue weighted by molar-refractivity contribution is 0.669. The molecule has 0 bridgehead atoms. The molecular formula is C57H36N4O. The van der Waals surface area contributed by atoms with Crippen LogP contribution in [0.15, 0.2) is 223 Å². The predicted molar refractivity (Wildman–Crippen MR) is 254 cm³/mol. The molecule has 0 saturated heterocycles. The van der Waals surface area contributed by atoms with Crippen molar-refractivity contribution in [3.63, 3.8) is 0 Å². The molecule has 3 aromatic heterocycles. The lowest BCUT2D eigenvalue weighted by atomic mass is 9.95. The molecule has 5 nitrogen and oxygen atoms in total. The van der Waals surface area contributed by atoms with Crippen LogP contribution < -0.4 is 0 Å². The van der Waals surface area contributed by atoms with Crippen LogP contribution in [0.25, 0.3) is 117 Å². The molecule has 0 atom stereocenters. The Bertz CT molecular complexity index is 3540. The molecular weight excluding hydrogens is 757 g/mol. The average Bonchev–Trinajstić information content (AvgIpc) is 3.90. The summed E-state index contributed by atoms with van der Waals surface area (Å²) < 4.78 is 9.58. The maximum Gasteiger partial charge on any atom is 0.167 e. The van der Waals surface area contributed by atoms with Crippen molar-refractivity contribution in [1.82, 2.24) is 19.5 Å². The molecule has 12 rings (SSSR count). The van der Waals surface area contributed by atoms with Gasteiger partial charge in [0.25, 0.3) is 0 Å². The first kappa shape index (κ1) is 35.5. The van der Waals surface area contributed by atoms with Crippen molar-refractivity contribution in [1.29, 1.82) is 0 Å².